The van der Waals surface area contributed by atoms with Gasteiger partial charge >= 0.3 is 0 Å². The average molecular weight is 357 g/mol. The van der Waals surface area contributed by atoms with Crippen LogP contribution in [-0.2, 0) is 0 Å². The van der Waals surface area contributed by atoms with Crippen LogP contribution in [0, 0.1) is 3.57 Å². The van der Waals surface area contributed by atoms with Gasteiger partial charge in [0.1, 0.15) is 0 Å². The Labute approximate surface area is 126 Å². The summed E-state index contributed by atoms with van der Waals surface area (Å²) in [5.74, 6) is 0. The number of hydrogen-bond donors (Lipinski definition) is 0. The van der Waals surface area contributed by atoms with Crippen molar-refractivity contribution in [2.24, 2.45) is 0 Å². The molecule has 1 aromatic heterocycles. The Bertz CT molecular complexity index is 692. The van der Waals surface area contributed by atoms with E-state index in [1.165, 1.54) is 3.57 Å². The zero-order chi connectivity index (χ0) is 13.1. The molecular formula is C17H12IN. The van der Waals surface area contributed by atoms with Crippen LogP contribution in [0.3, 0.4) is 0 Å². The highest BCUT2D eigenvalue weighted by Gasteiger charge is 2.03. The molecule has 0 atom stereocenters. The first-order valence-electron chi connectivity index (χ1n) is 6.11. The number of nitrogens with zero attached hydrogens (tertiary/aromatic N) is 1. The van der Waals surface area contributed by atoms with Crippen LogP contribution >= 0.6 is 22.6 Å². The molecule has 0 saturated carbocycles. The predicted octanol–water partition coefficient (Wildman–Crippen LogP) is 5.02. The van der Waals surface area contributed by atoms with Crippen molar-refractivity contribution in [2.75, 3.05) is 0 Å². The predicted molar refractivity (Wildman–Crippen MR) is 87.8 cm³/mol. The molecule has 19 heavy (non-hydrogen) atoms. The molecule has 3 aromatic rings. The third-order valence-corrected chi connectivity index (χ3v) is 3.61. The van der Waals surface area contributed by atoms with Crippen molar-refractivity contribution in [3.05, 3.63) is 76.4 Å². The summed E-state index contributed by atoms with van der Waals surface area (Å²) < 4.78 is 1.22. The molecule has 0 bridgehead atoms. The highest BCUT2D eigenvalue weighted by atomic mass is 127. The van der Waals surface area contributed by atoms with Crippen molar-refractivity contribution < 1.29 is 0 Å². The quantitative estimate of drug-likeness (QED) is 0.587. The van der Waals surface area contributed by atoms with Gasteiger partial charge in [0, 0.05) is 14.7 Å². The number of rotatable bonds is 2. The Morgan fingerprint density at radius 2 is 1.26 bits per heavy atom. The van der Waals surface area contributed by atoms with Crippen LogP contribution in [0.15, 0.2) is 72.8 Å². The number of pyridine rings is 1. The van der Waals surface area contributed by atoms with E-state index in [1.807, 2.05) is 24.3 Å². The molecule has 0 aliphatic rings. The van der Waals surface area contributed by atoms with Crippen LogP contribution in [0.4, 0.5) is 0 Å². The van der Waals surface area contributed by atoms with Gasteiger partial charge in [-0.3, -0.25) is 0 Å². The smallest absolute Gasteiger partial charge is 0.0709 e. The molecule has 0 fully saturated rings. The molecule has 2 aromatic carbocycles. The fourth-order valence-corrected chi connectivity index (χ4v) is 2.56. The molecule has 1 nitrogen and oxygen atoms in total. The van der Waals surface area contributed by atoms with E-state index in [1.54, 1.807) is 0 Å². The fourth-order valence-electron chi connectivity index (χ4n) is 2.01. The van der Waals surface area contributed by atoms with Crippen molar-refractivity contribution in [2.45, 2.75) is 0 Å². The van der Waals surface area contributed by atoms with Crippen molar-refractivity contribution in [3.63, 3.8) is 0 Å². The summed E-state index contributed by atoms with van der Waals surface area (Å²) in [6, 6.07) is 24.8. The van der Waals surface area contributed by atoms with Crippen molar-refractivity contribution in [1.29, 1.82) is 0 Å². The van der Waals surface area contributed by atoms with E-state index in [-0.39, 0.29) is 0 Å². The Hall–Kier alpha value is -1.68. The fraction of sp³-hybridized carbons (Fsp3) is 0. The van der Waals surface area contributed by atoms with Gasteiger partial charge in [-0.05, 0) is 46.9 Å². The second-order valence-electron chi connectivity index (χ2n) is 4.28. The first kappa shape index (κ1) is 12.4. The highest BCUT2D eigenvalue weighted by molar-refractivity contribution is 14.1. The standard InChI is InChI=1S/C17H12IN/c18-15-9-4-8-14(12-15)17-11-5-10-16(19-17)13-6-2-1-3-7-13/h1-12H. The minimum Gasteiger partial charge on any atom is -0.248 e. The molecule has 0 saturated heterocycles. The maximum absolute atomic E-state index is 4.75. The third-order valence-electron chi connectivity index (χ3n) is 2.94. The zero-order valence-corrected chi connectivity index (χ0v) is 12.4. The van der Waals surface area contributed by atoms with Gasteiger partial charge in [0.05, 0.1) is 11.4 Å². The summed E-state index contributed by atoms with van der Waals surface area (Å²) in [4.78, 5) is 4.75. The lowest BCUT2D eigenvalue weighted by atomic mass is 10.1. The molecule has 0 N–H and O–H groups in total. The van der Waals surface area contributed by atoms with E-state index in [0.29, 0.717) is 0 Å². The van der Waals surface area contributed by atoms with Crippen LogP contribution < -0.4 is 0 Å². The van der Waals surface area contributed by atoms with Gasteiger partial charge in [-0.1, -0.05) is 48.5 Å². The molecule has 92 valence electrons. The van der Waals surface area contributed by atoms with Gasteiger partial charge in [-0.2, -0.15) is 0 Å². The normalized spacial score (nSPS) is 10.4. The van der Waals surface area contributed by atoms with E-state index in [2.05, 4.69) is 71.1 Å². The van der Waals surface area contributed by atoms with Crippen LogP contribution in [-0.4, -0.2) is 4.98 Å². The third kappa shape index (κ3) is 2.84. The lowest BCUT2D eigenvalue weighted by molar-refractivity contribution is 1.32. The summed E-state index contributed by atoms with van der Waals surface area (Å²) in [5.41, 5.74) is 4.33. The van der Waals surface area contributed by atoms with Crippen LogP contribution in [0.1, 0.15) is 0 Å². The molecule has 3 rings (SSSR count). The van der Waals surface area contributed by atoms with Gasteiger partial charge in [-0.15, -0.1) is 0 Å². The largest absolute Gasteiger partial charge is 0.248 e. The Morgan fingerprint density at radius 1 is 0.632 bits per heavy atom. The SMILES string of the molecule is Ic1cccc(-c2cccc(-c3ccccc3)n2)c1. The first-order chi connectivity index (χ1) is 9.33. The van der Waals surface area contributed by atoms with Crippen LogP contribution in [0.2, 0.25) is 0 Å². The number of hydrogen-bond acceptors (Lipinski definition) is 1. The van der Waals surface area contributed by atoms with Crippen molar-refractivity contribution in [1.82, 2.24) is 4.98 Å². The molecule has 2 heteroatoms. The van der Waals surface area contributed by atoms with E-state index in [0.717, 1.165) is 22.5 Å². The molecular weight excluding hydrogens is 345 g/mol. The summed E-state index contributed by atoms with van der Waals surface area (Å²) >= 11 is 2.32. The number of aromatic nitrogens is 1. The van der Waals surface area contributed by atoms with E-state index >= 15 is 0 Å². The summed E-state index contributed by atoms with van der Waals surface area (Å²) in [5, 5.41) is 0. The van der Waals surface area contributed by atoms with Crippen LogP contribution in [0.5, 0.6) is 0 Å². The van der Waals surface area contributed by atoms with Crippen LogP contribution in [0.25, 0.3) is 22.5 Å². The number of benzene rings is 2. The van der Waals surface area contributed by atoms with Crippen molar-refractivity contribution >= 4 is 22.6 Å². The summed E-state index contributed by atoms with van der Waals surface area (Å²) in [6.45, 7) is 0. The lowest BCUT2D eigenvalue weighted by Gasteiger charge is -2.05. The van der Waals surface area contributed by atoms with E-state index < -0.39 is 0 Å². The first-order valence-corrected chi connectivity index (χ1v) is 7.19. The average Bonchev–Trinajstić information content (AvgIpc) is 2.48. The molecule has 0 spiro atoms. The number of halogens is 1. The van der Waals surface area contributed by atoms with E-state index in [4.69, 9.17) is 4.98 Å². The monoisotopic (exact) mass is 357 g/mol. The van der Waals surface area contributed by atoms with Gasteiger partial charge < -0.3 is 0 Å². The Kier molecular flexibility index (Phi) is 3.60. The molecule has 0 aliphatic heterocycles. The lowest BCUT2D eigenvalue weighted by Crippen LogP contribution is -1.87. The van der Waals surface area contributed by atoms with Gasteiger partial charge in [0.15, 0.2) is 0 Å². The minimum atomic E-state index is 1.01. The highest BCUT2D eigenvalue weighted by Crippen LogP contribution is 2.23. The maximum Gasteiger partial charge on any atom is 0.0709 e. The van der Waals surface area contributed by atoms with Crippen molar-refractivity contribution in [3.8, 4) is 22.5 Å². The summed E-state index contributed by atoms with van der Waals surface area (Å²) in [6.07, 6.45) is 0. The minimum absolute atomic E-state index is 1.01. The zero-order valence-electron chi connectivity index (χ0n) is 10.3. The molecule has 0 amide bonds. The van der Waals surface area contributed by atoms with Gasteiger partial charge in [0.2, 0.25) is 0 Å². The second-order valence-corrected chi connectivity index (χ2v) is 5.53. The molecule has 1 heterocycles. The molecule has 0 radical (unpaired) electrons. The second kappa shape index (κ2) is 5.53. The Morgan fingerprint density at radius 3 is 2.00 bits per heavy atom. The van der Waals surface area contributed by atoms with E-state index in [9.17, 15) is 0 Å². The summed E-state index contributed by atoms with van der Waals surface area (Å²) in [7, 11) is 0. The molecule has 0 unspecified atom stereocenters. The Balaban J connectivity index is 2.06. The van der Waals surface area contributed by atoms with Gasteiger partial charge in [0.25, 0.3) is 0 Å². The maximum atomic E-state index is 4.75. The molecule has 0 aliphatic carbocycles. The topological polar surface area (TPSA) is 12.9 Å². The van der Waals surface area contributed by atoms with Gasteiger partial charge in [-0.25, -0.2) is 4.98 Å².